The Balaban J connectivity index is 2.13. The van der Waals surface area contributed by atoms with E-state index >= 15 is 0 Å². The minimum Gasteiger partial charge on any atom is -0.444 e. The van der Waals surface area contributed by atoms with Gasteiger partial charge in [-0.15, -0.1) is 0 Å². The maximum atomic E-state index is 13.9. The van der Waals surface area contributed by atoms with Crippen molar-refractivity contribution in [2.45, 2.75) is 77.7 Å². The molecule has 2 rings (SSSR count). The van der Waals surface area contributed by atoms with E-state index in [4.69, 9.17) is 18.9 Å². The number of aliphatic hydroxyl groups is 1. The van der Waals surface area contributed by atoms with E-state index in [1.54, 1.807) is 27.9 Å². The summed E-state index contributed by atoms with van der Waals surface area (Å²) in [7, 11) is 1.61. The van der Waals surface area contributed by atoms with Gasteiger partial charge in [0.25, 0.3) is 0 Å². The van der Waals surface area contributed by atoms with Crippen molar-refractivity contribution in [3.63, 3.8) is 0 Å². The highest BCUT2D eigenvalue weighted by atomic mass is 16.6. The SMILES string of the molecule is COCCOCCOCCNC(=O)[C@@H](NC(=O)[C@H](Cc1ccccc1)C[C@H](O)[C@H](Cc1ccccc1)NC(=O)OC(C)(C)C)C(C)C. The fourth-order valence-corrected chi connectivity index (χ4v) is 4.87. The zero-order valence-corrected chi connectivity index (χ0v) is 28.8. The Labute approximate surface area is 280 Å². The molecule has 11 heteroatoms. The summed E-state index contributed by atoms with van der Waals surface area (Å²) >= 11 is 0. The van der Waals surface area contributed by atoms with E-state index in [0.29, 0.717) is 45.9 Å². The summed E-state index contributed by atoms with van der Waals surface area (Å²) in [5.74, 6) is -1.57. The second kappa shape index (κ2) is 21.4. The molecule has 0 saturated carbocycles. The van der Waals surface area contributed by atoms with Crippen LogP contribution >= 0.6 is 0 Å². The topological polar surface area (TPSA) is 144 Å². The van der Waals surface area contributed by atoms with Crippen LogP contribution in [0.2, 0.25) is 0 Å². The molecule has 0 fully saturated rings. The highest BCUT2D eigenvalue weighted by molar-refractivity contribution is 5.88. The van der Waals surface area contributed by atoms with Crippen LogP contribution in [0.5, 0.6) is 0 Å². The number of aliphatic hydroxyl groups excluding tert-OH is 1. The predicted molar refractivity (Wildman–Crippen MR) is 181 cm³/mol. The lowest BCUT2D eigenvalue weighted by Crippen LogP contribution is -2.53. The van der Waals surface area contributed by atoms with Gasteiger partial charge in [-0.05, 0) is 57.1 Å². The number of carbonyl (C=O) groups is 3. The van der Waals surface area contributed by atoms with E-state index in [1.165, 1.54) is 0 Å². The average Bonchev–Trinajstić information content (AvgIpc) is 3.02. The molecule has 0 aliphatic heterocycles. The van der Waals surface area contributed by atoms with Gasteiger partial charge >= 0.3 is 6.09 Å². The molecule has 262 valence electrons. The van der Waals surface area contributed by atoms with Gasteiger partial charge in [0.1, 0.15) is 11.6 Å². The molecular weight excluding hydrogens is 602 g/mol. The normalized spacial score (nSPS) is 14.1. The van der Waals surface area contributed by atoms with Gasteiger partial charge in [-0.2, -0.15) is 0 Å². The highest BCUT2D eigenvalue weighted by Gasteiger charge is 2.32. The second-order valence-electron chi connectivity index (χ2n) is 12.9. The summed E-state index contributed by atoms with van der Waals surface area (Å²) in [5, 5.41) is 20.2. The van der Waals surface area contributed by atoms with Gasteiger partial charge in [0.15, 0.2) is 0 Å². The van der Waals surface area contributed by atoms with Gasteiger partial charge in [0, 0.05) is 19.6 Å². The number of benzene rings is 2. The Bertz CT molecular complexity index is 1170. The monoisotopic (exact) mass is 657 g/mol. The first-order chi connectivity index (χ1) is 22.4. The van der Waals surface area contributed by atoms with Crippen LogP contribution in [0.1, 0.15) is 52.2 Å². The molecule has 2 aromatic carbocycles. The largest absolute Gasteiger partial charge is 0.444 e. The molecule has 4 atom stereocenters. The number of methoxy groups -OCH3 is 1. The Morgan fingerprint density at radius 3 is 1.87 bits per heavy atom. The van der Waals surface area contributed by atoms with E-state index in [1.807, 2.05) is 74.5 Å². The van der Waals surface area contributed by atoms with Crippen LogP contribution in [-0.4, -0.2) is 93.5 Å². The summed E-state index contributed by atoms with van der Waals surface area (Å²) in [6.45, 7) is 11.4. The van der Waals surface area contributed by atoms with Crippen LogP contribution in [0.4, 0.5) is 4.79 Å². The fraction of sp³-hybridized carbons (Fsp3) is 0.583. The van der Waals surface area contributed by atoms with E-state index in [0.717, 1.165) is 11.1 Å². The number of alkyl carbamates (subject to hydrolysis) is 1. The van der Waals surface area contributed by atoms with Crippen LogP contribution in [0, 0.1) is 11.8 Å². The highest BCUT2D eigenvalue weighted by Crippen LogP contribution is 2.20. The zero-order chi connectivity index (χ0) is 34.7. The number of ether oxygens (including phenoxy) is 4. The molecule has 0 heterocycles. The van der Waals surface area contributed by atoms with Gasteiger partial charge in [0.05, 0.1) is 45.2 Å². The van der Waals surface area contributed by atoms with Crippen molar-refractivity contribution in [2.75, 3.05) is 46.7 Å². The second-order valence-corrected chi connectivity index (χ2v) is 12.9. The molecule has 11 nitrogen and oxygen atoms in total. The number of nitrogens with one attached hydrogen (secondary N) is 3. The molecule has 0 unspecified atom stereocenters. The molecule has 4 N–H and O–H groups in total. The molecular formula is C36H55N3O8. The lowest BCUT2D eigenvalue weighted by molar-refractivity contribution is -0.133. The predicted octanol–water partition coefficient (Wildman–Crippen LogP) is 3.67. The summed E-state index contributed by atoms with van der Waals surface area (Å²) in [5.41, 5.74) is 1.10. The van der Waals surface area contributed by atoms with Crippen LogP contribution in [-0.2, 0) is 41.4 Å². The molecule has 0 bridgehead atoms. The zero-order valence-electron chi connectivity index (χ0n) is 28.8. The van der Waals surface area contributed by atoms with Crippen LogP contribution in [0.15, 0.2) is 60.7 Å². The van der Waals surface area contributed by atoms with E-state index < -0.39 is 35.8 Å². The smallest absolute Gasteiger partial charge is 0.407 e. The number of carbonyl (C=O) groups excluding carboxylic acids is 3. The Hall–Kier alpha value is -3.51. The van der Waals surface area contributed by atoms with Gasteiger partial charge in [-0.25, -0.2) is 4.79 Å². The Kier molecular flexibility index (Phi) is 18.0. The first-order valence-electron chi connectivity index (χ1n) is 16.4. The molecule has 0 aliphatic carbocycles. The van der Waals surface area contributed by atoms with Crippen molar-refractivity contribution < 1.29 is 38.4 Å². The minimum absolute atomic E-state index is 0.0424. The molecule has 0 saturated heterocycles. The van der Waals surface area contributed by atoms with Crippen molar-refractivity contribution in [2.24, 2.45) is 11.8 Å². The lowest BCUT2D eigenvalue weighted by Gasteiger charge is -2.30. The molecule has 3 amide bonds. The molecule has 0 radical (unpaired) electrons. The third-order valence-electron chi connectivity index (χ3n) is 7.28. The van der Waals surface area contributed by atoms with Gasteiger partial charge in [-0.1, -0.05) is 74.5 Å². The van der Waals surface area contributed by atoms with Crippen LogP contribution < -0.4 is 16.0 Å². The van der Waals surface area contributed by atoms with Crippen LogP contribution in [0.3, 0.4) is 0 Å². The number of amides is 3. The summed E-state index contributed by atoms with van der Waals surface area (Å²) < 4.78 is 21.3. The van der Waals surface area contributed by atoms with Crippen molar-refractivity contribution in [1.82, 2.24) is 16.0 Å². The van der Waals surface area contributed by atoms with Crippen LogP contribution in [0.25, 0.3) is 0 Å². The van der Waals surface area contributed by atoms with Crippen molar-refractivity contribution in [3.05, 3.63) is 71.8 Å². The molecule has 2 aromatic rings. The van der Waals surface area contributed by atoms with E-state index in [-0.39, 0.29) is 30.7 Å². The minimum atomic E-state index is -1.09. The molecule has 0 aromatic heterocycles. The van der Waals surface area contributed by atoms with Gasteiger partial charge in [-0.3, -0.25) is 9.59 Å². The number of hydrogen-bond donors (Lipinski definition) is 4. The maximum absolute atomic E-state index is 13.9. The summed E-state index contributed by atoms with van der Waals surface area (Å²) in [6.07, 6.45) is -1.04. The first-order valence-corrected chi connectivity index (χ1v) is 16.4. The number of hydrogen-bond acceptors (Lipinski definition) is 8. The van der Waals surface area contributed by atoms with Gasteiger partial charge < -0.3 is 40.0 Å². The van der Waals surface area contributed by atoms with Crippen molar-refractivity contribution in [1.29, 1.82) is 0 Å². The van der Waals surface area contributed by atoms with Crippen molar-refractivity contribution in [3.8, 4) is 0 Å². The maximum Gasteiger partial charge on any atom is 0.407 e. The summed E-state index contributed by atoms with van der Waals surface area (Å²) in [6, 6.07) is 17.5. The quantitative estimate of drug-likeness (QED) is 0.149. The third kappa shape index (κ3) is 16.7. The Morgan fingerprint density at radius 1 is 0.766 bits per heavy atom. The van der Waals surface area contributed by atoms with E-state index in [2.05, 4.69) is 16.0 Å². The average molecular weight is 658 g/mol. The molecule has 0 spiro atoms. The third-order valence-corrected chi connectivity index (χ3v) is 7.28. The standard InChI is InChI=1S/C36H55N3O8/c1-26(2)32(34(42)37-17-18-45-21-22-46-20-19-44-6)39-33(41)29(23-27-13-9-7-10-14-27)25-31(40)30(24-28-15-11-8-12-16-28)38-35(43)47-36(3,4)5/h7-16,26,29-32,40H,17-25H2,1-6H3,(H,37,42)(H,38,43)(H,39,41)/t29-,30+,31+,32+/m1/s1. The fourth-order valence-electron chi connectivity index (χ4n) is 4.87. The van der Waals surface area contributed by atoms with E-state index in [9.17, 15) is 19.5 Å². The van der Waals surface area contributed by atoms with Crippen molar-refractivity contribution >= 4 is 17.9 Å². The Morgan fingerprint density at radius 2 is 1.32 bits per heavy atom. The molecule has 47 heavy (non-hydrogen) atoms. The molecule has 0 aliphatic rings. The lowest BCUT2D eigenvalue weighted by atomic mass is 9.88. The first kappa shape index (κ1) is 39.7. The number of rotatable bonds is 21. The van der Waals surface area contributed by atoms with Gasteiger partial charge in [0.2, 0.25) is 11.8 Å². The summed E-state index contributed by atoms with van der Waals surface area (Å²) in [4.78, 5) is 39.8.